The van der Waals surface area contributed by atoms with Crippen LogP contribution in [0.2, 0.25) is 0 Å². The average molecular weight is 266 g/mol. The molecule has 0 atom stereocenters. The SMILES string of the molecule is Cc1ccccc1CNC(=O)n1nnc2ccccc21. The lowest BCUT2D eigenvalue weighted by Crippen LogP contribution is -2.29. The second-order valence-corrected chi connectivity index (χ2v) is 4.58. The van der Waals surface area contributed by atoms with E-state index in [0.717, 1.165) is 11.1 Å². The largest absolute Gasteiger partial charge is 0.344 e. The van der Waals surface area contributed by atoms with Crippen LogP contribution in [0.15, 0.2) is 48.5 Å². The number of nitrogens with one attached hydrogen (secondary N) is 1. The van der Waals surface area contributed by atoms with Crippen LogP contribution in [0.1, 0.15) is 11.1 Å². The molecule has 0 aliphatic rings. The van der Waals surface area contributed by atoms with Crippen LogP contribution in [0.4, 0.5) is 4.79 Å². The van der Waals surface area contributed by atoms with Crippen LogP contribution in [0.5, 0.6) is 0 Å². The molecule has 20 heavy (non-hydrogen) atoms. The lowest BCUT2D eigenvalue weighted by atomic mass is 10.1. The summed E-state index contributed by atoms with van der Waals surface area (Å²) in [5.41, 5.74) is 3.65. The minimum absolute atomic E-state index is 0.276. The standard InChI is InChI=1S/C15H14N4O/c1-11-6-2-3-7-12(11)10-16-15(20)19-14-9-5-4-8-13(14)17-18-19/h2-9H,10H2,1H3,(H,16,20). The summed E-state index contributed by atoms with van der Waals surface area (Å²) in [5.74, 6) is 0. The molecule has 0 saturated heterocycles. The van der Waals surface area contributed by atoms with Gasteiger partial charge in [-0.05, 0) is 30.2 Å². The number of aryl methyl sites for hydroxylation is 1. The molecule has 1 N–H and O–H groups in total. The van der Waals surface area contributed by atoms with E-state index in [9.17, 15) is 4.79 Å². The van der Waals surface area contributed by atoms with Crippen molar-refractivity contribution < 1.29 is 4.79 Å². The Kier molecular flexibility index (Phi) is 3.16. The highest BCUT2D eigenvalue weighted by atomic mass is 16.2. The molecule has 0 unspecified atom stereocenters. The number of nitrogens with zero attached hydrogens (tertiary/aromatic N) is 3. The molecule has 1 amide bonds. The number of hydrogen-bond acceptors (Lipinski definition) is 3. The van der Waals surface area contributed by atoms with Gasteiger partial charge in [0.15, 0.2) is 0 Å². The van der Waals surface area contributed by atoms with E-state index in [1.165, 1.54) is 4.68 Å². The predicted molar refractivity (Wildman–Crippen MR) is 76.3 cm³/mol. The van der Waals surface area contributed by atoms with Crippen molar-refractivity contribution in [2.24, 2.45) is 0 Å². The van der Waals surface area contributed by atoms with Gasteiger partial charge in [-0.1, -0.05) is 41.6 Å². The van der Waals surface area contributed by atoms with Crippen molar-refractivity contribution in [3.05, 3.63) is 59.7 Å². The summed E-state index contributed by atoms with van der Waals surface area (Å²) in [7, 11) is 0. The first-order valence-corrected chi connectivity index (χ1v) is 6.39. The Balaban J connectivity index is 1.79. The molecular weight excluding hydrogens is 252 g/mol. The van der Waals surface area contributed by atoms with Gasteiger partial charge in [-0.2, -0.15) is 4.68 Å². The first-order chi connectivity index (χ1) is 9.75. The average Bonchev–Trinajstić information content (AvgIpc) is 2.90. The van der Waals surface area contributed by atoms with Gasteiger partial charge in [0.2, 0.25) is 0 Å². The molecule has 0 spiro atoms. The van der Waals surface area contributed by atoms with Gasteiger partial charge in [0.1, 0.15) is 5.52 Å². The first-order valence-electron chi connectivity index (χ1n) is 6.39. The molecule has 1 heterocycles. The van der Waals surface area contributed by atoms with Gasteiger partial charge >= 0.3 is 6.03 Å². The molecule has 3 aromatic rings. The number of carbonyl (C=O) groups is 1. The van der Waals surface area contributed by atoms with Gasteiger partial charge in [-0.25, -0.2) is 4.79 Å². The number of carbonyl (C=O) groups excluding carboxylic acids is 1. The number of fused-ring (bicyclic) bond motifs is 1. The van der Waals surface area contributed by atoms with Crippen molar-refractivity contribution in [3.8, 4) is 0 Å². The normalized spacial score (nSPS) is 10.7. The summed E-state index contributed by atoms with van der Waals surface area (Å²) in [5, 5.41) is 10.7. The van der Waals surface area contributed by atoms with Gasteiger partial charge in [-0.15, -0.1) is 5.10 Å². The maximum atomic E-state index is 12.2. The summed E-state index contributed by atoms with van der Waals surface area (Å²) >= 11 is 0. The molecule has 0 saturated carbocycles. The third-order valence-corrected chi connectivity index (χ3v) is 3.24. The third kappa shape index (κ3) is 2.25. The Labute approximate surface area is 116 Å². The number of benzene rings is 2. The topological polar surface area (TPSA) is 59.8 Å². The van der Waals surface area contributed by atoms with Crippen LogP contribution in [0, 0.1) is 6.92 Å². The van der Waals surface area contributed by atoms with Crippen LogP contribution >= 0.6 is 0 Å². The number of rotatable bonds is 2. The number of hydrogen-bond donors (Lipinski definition) is 1. The van der Waals surface area contributed by atoms with Gasteiger partial charge < -0.3 is 5.32 Å². The smallest absolute Gasteiger partial charge is 0.332 e. The summed E-state index contributed by atoms with van der Waals surface area (Å²) in [4.78, 5) is 12.2. The molecule has 3 rings (SSSR count). The lowest BCUT2D eigenvalue weighted by molar-refractivity contribution is 0.239. The second-order valence-electron chi connectivity index (χ2n) is 4.58. The van der Waals surface area contributed by atoms with E-state index in [1.54, 1.807) is 0 Å². The van der Waals surface area contributed by atoms with Crippen molar-refractivity contribution >= 4 is 17.1 Å². The first kappa shape index (κ1) is 12.3. The Bertz CT molecular complexity index is 763. The van der Waals surface area contributed by atoms with Gasteiger partial charge in [0.05, 0.1) is 5.52 Å². The fraction of sp³-hybridized carbons (Fsp3) is 0.133. The number of amides is 1. The number of para-hydroxylation sites is 1. The Morgan fingerprint density at radius 3 is 2.75 bits per heavy atom. The zero-order chi connectivity index (χ0) is 13.9. The van der Waals surface area contributed by atoms with E-state index in [-0.39, 0.29) is 6.03 Å². The van der Waals surface area contributed by atoms with E-state index in [0.29, 0.717) is 17.6 Å². The van der Waals surface area contributed by atoms with Crippen LogP contribution < -0.4 is 5.32 Å². The highest BCUT2D eigenvalue weighted by molar-refractivity contribution is 5.87. The lowest BCUT2D eigenvalue weighted by Gasteiger charge is -2.07. The molecular formula is C15H14N4O. The predicted octanol–water partition coefficient (Wildman–Crippen LogP) is 2.50. The Morgan fingerprint density at radius 1 is 1.15 bits per heavy atom. The quantitative estimate of drug-likeness (QED) is 0.775. The Hall–Kier alpha value is -2.69. The van der Waals surface area contributed by atoms with E-state index < -0.39 is 0 Å². The van der Waals surface area contributed by atoms with Crippen LogP contribution in [0.3, 0.4) is 0 Å². The Morgan fingerprint density at radius 2 is 1.90 bits per heavy atom. The van der Waals surface area contributed by atoms with Gasteiger partial charge in [-0.3, -0.25) is 0 Å². The zero-order valence-electron chi connectivity index (χ0n) is 11.1. The monoisotopic (exact) mass is 266 g/mol. The summed E-state index contributed by atoms with van der Waals surface area (Å²) in [6.07, 6.45) is 0. The van der Waals surface area contributed by atoms with Crippen molar-refractivity contribution in [1.82, 2.24) is 20.3 Å². The van der Waals surface area contributed by atoms with Crippen LogP contribution in [0.25, 0.3) is 11.0 Å². The molecule has 0 radical (unpaired) electrons. The summed E-state index contributed by atoms with van der Waals surface area (Å²) in [6.45, 7) is 2.49. The van der Waals surface area contributed by atoms with Crippen molar-refractivity contribution in [2.75, 3.05) is 0 Å². The molecule has 5 heteroatoms. The molecule has 1 aromatic heterocycles. The molecule has 0 bridgehead atoms. The number of aromatic nitrogens is 3. The molecule has 0 aliphatic heterocycles. The van der Waals surface area contributed by atoms with Crippen molar-refractivity contribution in [1.29, 1.82) is 0 Å². The molecule has 0 fully saturated rings. The minimum atomic E-state index is -0.276. The third-order valence-electron chi connectivity index (χ3n) is 3.24. The second kappa shape index (κ2) is 5.13. The minimum Gasteiger partial charge on any atom is -0.332 e. The fourth-order valence-electron chi connectivity index (χ4n) is 2.07. The van der Waals surface area contributed by atoms with Gasteiger partial charge in [0, 0.05) is 6.54 Å². The van der Waals surface area contributed by atoms with Crippen molar-refractivity contribution in [3.63, 3.8) is 0 Å². The highest BCUT2D eigenvalue weighted by Gasteiger charge is 2.11. The van der Waals surface area contributed by atoms with Crippen molar-refractivity contribution in [2.45, 2.75) is 13.5 Å². The summed E-state index contributed by atoms with van der Waals surface area (Å²) in [6, 6.07) is 15.0. The highest BCUT2D eigenvalue weighted by Crippen LogP contribution is 2.10. The maximum Gasteiger partial charge on any atom is 0.344 e. The molecule has 5 nitrogen and oxygen atoms in total. The zero-order valence-corrected chi connectivity index (χ0v) is 11.1. The van der Waals surface area contributed by atoms with E-state index >= 15 is 0 Å². The van der Waals surface area contributed by atoms with Gasteiger partial charge in [0.25, 0.3) is 0 Å². The maximum absolute atomic E-state index is 12.2. The molecule has 2 aromatic carbocycles. The molecule has 0 aliphatic carbocycles. The summed E-state index contributed by atoms with van der Waals surface area (Å²) < 4.78 is 1.29. The van der Waals surface area contributed by atoms with Crippen LogP contribution in [-0.2, 0) is 6.54 Å². The van der Waals surface area contributed by atoms with Crippen LogP contribution in [-0.4, -0.2) is 21.0 Å². The van der Waals surface area contributed by atoms with E-state index in [2.05, 4.69) is 15.6 Å². The van der Waals surface area contributed by atoms with E-state index in [4.69, 9.17) is 0 Å². The fourth-order valence-corrected chi connectivity index (χ4v) is 2.07. The molecule has 100 valence electrons. The van der Waals surface area contributed by atoms with E-state index in [1.807, 2.05) is 55.5 Å².